The molecule has 3 aliphatic heterocycles. The first-order valence-electron chi connectivity index (χ1n) is 7.49. The van der Waals surface area contributed by atoms with Gasteiger partial charge in [-0.1, -0.05) is 19.8 Å². The average Bonchev–Trinajstić information content (AvgIpc) is 2.51. The van der Waals surface area contributed by atoms with Gasteiger partial charge in [0.2, 0.25) is 0 Å². The molecule has 0 radical (unpaired) electrons. The third kappa shape index (κ3) is 2.99. The molecule has 0 aromatic rings. The molecule has 3 rings (SSSR count). The number of rotatable bonds is 7. The first-order valence-corrected chi connectivity index (χ1v) is 7.49. The van der Waals surface area contributed by atoms with E-state index in [0.717, 1.165) is 38.5 Å². The summed E-state index contributed by atoms with van der Waals surface area (Å²) in [6.07, 6.45) is 11.1. The molecule has 4 heteroatoms. The average molecular weight is 277 g/mol. The Labute approximate surface area is 121 Å². The fraction of sp³-hybridized carbons (Fsp3) is 0.812. The van der Waals surface area contributed by atoms with Crippen LogP contribution in [-0.2, 0) is 14.2 Å². The molecule has 0 aliphatic carbocycles. The van der Waals surface area contributed by atoms with E-state index in [4.69, 9.17) is 20.6 Å². The van der Waals surface area contributed by atoms with E-state index in [1.165, 1.54) is 0 Å². The number of unbranched alkanes of at least 4 members (excludes halogenated alkanes) is 3. The van der Waals surface area contributed by atoms with Crippen molar-refractivity contribution in [3.63, 3.8) is 0 Å². The Morgan fingerprint density at radius 1 is 1.20 bits per heavy atom. The van der Waals surface area contributed by atoms with E-state index >= 15 is 0 Å². The van der Waals surface area contributed by atoms with Crippen molar-refractivity contribution in [2.24, 2.45) is 5.41 Å². The van der Waals surface area contributed by atoms with Crippen molar-refractivity contribution in [2.75, 3.05) is 13.2 Å². The van der Waals surface area contributed by atoms with Gasteiger partial charge in [0, 0.05) is 12.8 Å². The quantitative estimate of drug-likeness (QED) is 0.530. The predicted octanol–water partition coefficient (Wildman–Crippen LogP) is 2.98. The molecule has 3 saturated heterocycles. The zero-order chi connectivity index (χ0) is 14.5. The third-order valence-electron chi connectivity index (χ3n) is 4.21. The minimum Gasteiger partial charge on any atom is -0.327 e. The predicted molar refractivity (Wildman–Crippen MR) is 74.4 cm³/mol. The van der Waals surface area contributed by atoms with Gasteiger partial charge in [-0.05, 0) is 19.3 Å². The first-order chi connectivity index (χ1) is 9.70. The van der Waals surface area contributed by atoms with Crippen molar-refractivity contribution >= 4 is 0 Å². The second kappa shape index (κ2) is 6.59. The summed E-state index contributed by atoms with van der Waals surface area (Å²) in [4.78, 5) is 0. The van der Waals surface area contributed by atoms with Gasteiger partial charge >= 0.3 is 0 Å². The molecule has 3 heterocycles. The van der Waals surface area contributed by atoms with E-state index in [1.54, 1.807) is 0 Å². The maximum atomic E-state index is 9.39. The van der Waals surface area contributed by atoms with Crippen LogP contribution >= 0.6 is 0 Å². The highest BCUT2D eigenvalue weighted by Crippen LogP contribution is 2.47. The van der Waals surface area contributed by atoms with E-state index in [1.807, 2.05) is 0 Å². The van der Waals surface area contributed by atoms with Crippen LogP contribution in [0.1, 0.15) is 51.9 Å². The summed E-state index contributed by atoms with van der Waals surface area (Å²) in [6, 6.07) is 2.30. The van der Waals surface area contributed by atoms with Gasteiger partial charge in [-0.2, -0.15) is 5.26 Å². The summed E-state index contributed by atoms with van der Waals surface area (Å²) in [6.45, 7) is 3.25. The molecule has 20 heavy (non-hydrogen) atoms. The molecular formula is C16H23NO3. The Kier molecular flexibility index (Phi) is 5.05. The summed E-state index contributed by atoms with van der Waals surface area (Å²) in [5.74, 6) is 1.61. The molecule has 0 spiro atoms. The maximum absolute atomic E-state index is 9.39. The minimum absolute atomic E-state index is 0.286. The van der Waals surface area contributed by atoms with Gasteiger partial charge in [0.1, 0.15) is 0 Å². The third-order valence-corrected chi connectivity index (χ3v) is 4.21. The highest BCUT2D eigenvalue weighted by Gasteiger charge is 2.57. The van der Waals surface area contributed by atoms with Crippen molar-refractivity contribution in [1.29, 1.82) is 5.26 Å². The van der Waals surface area contributed by atoms with Gasteiger partial charge < -0.3 is 14.2 Å². The summed E-state index contributed by atoms with van der Waals surface area (Å²) in [5.41, 5.74) is -0.286. The van der Waals surface area contributed by atoms with Crippen LogP contribution in [0.3, 0.4) is 0 Å². The van der Waals surface area contributed by atoms with Crippen LogP contribution in [0.25, 0.3) is 0 Å². The molecule has 0 saturated carbocycles. The van der Waals surface area contributed by atoms with Crippen molar-refractivity contribution < 1.29 is 14.2 Å². The second-order valence-electron chi connectivity index (χ2n) is 5.76. The minimum atomic E-state index is -1.01. The molecule has 3 aliphatic rings. The number of hydrogen-bond donors (Lipinski definition) is 0. The largest absolute Gasteiger partial charge is 0.327 e. The maximum Gasteiger partial charge on any atom is 0.284 e. The molecule has 110 valence electrons. The number of nitrogens with zero attached hydrogens (tertiary/aromatic N) is 1. The fourth-order valence-electron chi connectivity index (χ4n) is 2.85. The fourth-order valence-corrected chi connectivity index (χ4v) is 2.85. The zero-order valence-electron chi connectivity index (χ0n) is 12.2. The van der Waals surface area contributed by atoms with Crippen LogP contribution in [0.4, 0.5) is 0 Å². The second-order valence-corrected chi connectivity index (χ2v) is 5.76. The van der Waals surface area contributed by atoms with Crippen LogP contribution in [0.15, 0.2) is 0 Å². The van der Waals surface area contributed by atoms with E-state index in [9.17, 15) is 5.26 Å². The van der Waals surface area contributed by atoms with Crippen LogP contribution in [0, 0.1) is 29.1 Å². The van der Waals surface area contributed by atoms with Gasteiger partial charge in [0.25, 0.3) is 5.97 Å². The molecular weight excluding hydrogens is 254 g/mol. The van der Waals surface area contributed by atoms with Crippen LogP contribution in [0.2, 0.25) is 0 Å². The van der Waals surface area contributed by atoms with Gasteiger partial charge in [0.15, 0.2) is 6.10 Å². The lowest BCUT2D eigenvalue weighted by Crippen LogP contribution is -2.64. The number of fused-ring (bicyclic) bond motifs is 3. The van der Waals surface area contributed by atoms with Crippen LogP contribution in [0.5, 0.6) is 0 Å². The molecule has 4 nitrogen and oxygen atoms in total. The Bertz CT molecular complexity index is 399. The van der Waals surface area contributed by atoms with E-state index in [-0.39, 0.29) is 5.41 Å². The lowest BCUT2D eigenvalue weighted by atomic mass is 9.77. The topological polar surface area (TPSA) is 51.5 Å². The van der Waals surface area contributed by atoms with Crippen molar-refractivity contribution in [3.8, 4) is 18.4 Å². The van der Waals surface area contributed by atoms with Crippen LogP contribution < -0.4 is 0 Å². The number of nitriles is 1. The highest BCUT2D eigenvalue weighted by atomic mass is 16.9. The molecule has 0 amide bonds. The van der Waals surface area contributed by atoms with Crippen molar-refractivity contribution in [3.05, 3.63) is 0 Å². The normalized spacial score (nSPS) is 35.5. The molecule has 0 aromatic heterocycles. The monoisotopic (exact) mass is 277 g/mol. The molecule has 0 N–H and O–H groups in total. The highest BCUT2D eigenvalue weighted by molar-refractivity contribution is 5.05. The summed E-state index contributed by atoms with van der Waals surface area (Å²) < 4.78 is 17.5. The van der Waals surface area contributed by atoms with Crippen molar-refractivity contribution in [2.45, 2.75) is 63.9 Å². The Morgan fingerprint density at radius 2 is 1.95 bits per heavy atom. The van der Waals surface area contributed by atoms with E-state index in [2.05, 4.69) is 18.9 Å². The summed E-state index contributed by atoms with van der Waals surface area (Å²) >= 11 is 0. The van der Waals surface area contributed by atoms with Gasteiger partial charge in [-0.25, -0.2) is 0 Å². The smallest absolute Gasteiger partial charge is 0.284 e. The Hall–Kier alpha value is -1.07. The molecule has 3 fully saturated rings. The van der Waals surface area contributed by atoms with Gasteiger partial charge in [-0.15, -0.1) is 12.3 Å². The first kappa shape index (κ1) is 15.3. The van der Waals surface area contributed by atoms with Gasteiger partial charge in [-0.3, -0.25) is 0 Å². The molecule has 1 unspecified atom stereocenters. The van der Waals surface area contributed by atoms with E-state index in [0.29, 0.717) is 19.6 Å². The lowest BCUT2D eigenvalue weighted by Gasteiger charge is -2.54. The Morgan fingerprint density at radius 3 is 2.55 bits per heavy atom. The SMILES string of the molecule is C#CCCCCC12OCC(CCCC)(CO1)C(C#N)O2. The number of terminal acetylenes is 1. The standard InChI is InChI=1S/C16H23NO3/c1-3-5-7-8-10-16-18-12-15(13-19-16,9-6-4-2)14(11-17)20-16/h1,14H,4-10,12-13H2,2H3. The Balaban J connectivity index is 1.96. The zero-order valence-corrected chi connectivity index (χ0v) is 12.2. The van der Waals surface area contributed by atoms with Crippen LogP contribution in [-0.4, -0.2) is 25.3 Å². The van der Waals surface area contributed by atoms with Gasteiger partial charge in [0.05, 0.1) is 24.7 Å². The molecule has 0 aromatic carbocycles. The molecule has 1 atom stereocenters. The van der Waals surface area contributed by atoms with Crippen molar-refractivity contribution in [1.82, 2.24) is 0 Å². The lowest BCUT2D eigenvalue weighted by molar-refractivity contribution is -0.483. The van der Waals surface area contributed by atoms with E-state index < -0.39 is 12.1 Å². The molecule has 2 bridgehead atoms. The number of ether oxygens (including phenoxy) is 3. The summed E-state index contributed by atoms with van der Waals surface area (Å²) in [7, 11) is 0. The summed E-state index contributed by atoms with van der Waals surface area (Å²) in [5, 5.41) is 9.39. The number of hydrogen-bond acceptors (Lipinski definition) is 4.